The van der Waals surface area contributed by atoms with Crippen LogP contribution in [0.2, 0.25) is 0 Å². The Morgan fingerprint density at radius 3 is 2.54 bits per heavy atom. The highest BCUT2D eigenvalue weighted by Crippen LogP contribution is 2.47. The Balaban J connectivity index is 1.30. The van der Waals surface area contributed by atoms with Crippen LogP contribution >= 0.6 is 0 Å². The molecule has 0 atom stereocenters. The van der Waals surface area contributed by atoms with Crippen LogP contribution in [-0.4, -0.2) is 37.1 Å². The van der Waals surface area contributed by atoms with Crippen LogP contribution in [0, 0.1) is 0 Å². The van der Waals surface area contributed by atoms with E-state index in [2.05, 4.69) is 32.7 Å². The van der Waals surface area contributed by atoms with Gasteiger partial charge in [-0.05, 0) is 65.1 Å². The van der Waals surface area contributed by atoms with Gasteiger partial charge in [-0.1, -0.05) is 42.5 Å². The van der Waals surface area contributed by atoms with Gasteiger partial charge < -0.3 is 21.3 Å². The van der Waals surface area contributed by atoms with E-state index in [4.69, 9.17) is 5.73 Å². The topological polar surface area (TPSA) is 83.3 Å². The summed E-state index contributed by atoms with van der Waals surface area (Å²) in [6.45, 7) is 4.05. The lowest BCUT2D eigenvalue weighted by atomic mass is 9.98. The Labute approximate surface area is 205 Å². The molecule has 6 rings (SSSR count). The van der Waals surface area contributed by atoms with Gasteiger partial charge in [-0.25, -0.2) is 0 Å². The number of hydrogen-bond donors (Lipinski definition) is 3. The zero-order valence-electron chi connectivity index (χ0n) is 19.6. The maximum atomic E-state index is 13.2. The summed E-state index contributed by atoms with van der Waals surface area (Å²) in [4.78, 5) is 20.2. The Morgan fingerprint density at radius 1 is 0.971 bits per heavy atom. The van der Waals surface area contributed by atoms with Gasteiger partial charge in [0.25, 0.3) is 5.91 Å². The Bertz CT molecular complexity index is 1390. The summed E-state index contributed by atoms with van der Waals surface area (Å²) in [5, 5.41) is 8.62. The Kier molecular flexibility index (Phi) is 5.58. The van der Waals surface area contributed by atoms with Crippen LogP contribution in [-0.2, 0) is 0 Å². The summed E-state index contributed by atoms with van der Waals surface area (Å²) in [5.41, 5.74) is 12.5. The number of amides is 1. The van der Waals surface area contributed by atoms with Gasteiger partial charge in [0.15, 0.2) is 0 Å². The van der Waals surface area contributed by atoms with Gasteiger partial charge in [-0.2, -0.15) is 0 Å². The van der Waals surface area contributed by atoms with Crippen LogP contribution in [0.25, 0.3) is 21.9 Å². The van der Waals surface area contributed by atoms with Gasteiger partial charge in [0.05, 0.1) is 11.4 Å². The number of pyridine rings is 1. The summed E-state index contributed by atoms with van der Waals surface area (Å²) < 4.78 is 0. The molecule has 0 radical (unpaired) electrons. The first-order chi connectivity index (χ1) is 17.2. The molecule has 0 bridgehead atoms. The van der Waals surface area contributed by atoms with Gasteiger partial charge in [-0.3, -0.25) is 9.78 Å². The van der Waals surface area contributed by atoms with E-state index in [1.165, 1.54) is 24.1 Å². The van der Waals surface area contributed by atoms with Gasteiger partial charge in [0.1, 0.15) is 5.69 Å². The molecule has 4 N–H and O–H groups in total. The number of piperazine rings is 1. The maximum Gasteiger partial charge on any atom is 0.274 e. The molecule has 6 heteroatoms. The summed E-state index contributed by atoms with van der Waals surface area (Å²) in [6.07, 6.45) is 4.32. The second-order valence-corrected chi connectivity index (χ2v) is 9.42. The number of nitrogen functional groups attached to an aromatic ring is 1. The van der Waals surface area contributed by atoms with Crippen molar-refractivity contribution >= 4 is 33.7 Å². The third-order valence-electron chi connectivity index (χ3n) is 7.01. The molecular formula is C29H29N5O. The molecular weight excluding hydrogens is 434 g/mol. The van der Waals surface area contributed by atoms with Crippen molar-refractivity contribution in [2.45, 2.75) is 18.8 Å². The average Bonchev–Trinajstić information content (AvgIpc) is 3.75. The summed E-state index contributed by atoms with van der Waals surface area (Å²) in [7, 11) is 0. The number of fused-ring (bicyclic) bond motifs is 1. The predicted octanol–water partition coefficient (Wildman–Crippen LogP) is 5.02. The fourth-order valence-electron chi connectivity index (χ4n) is 5.00. The van der Waals surface area contributed by atoms with Gasteiger partial charge in [-0.15, -0.1) is 0 Å². The molecule has 176 valence electrons. The fraction of sp³-hybridized carbons (Fsp3) is 0.241. The highest BCUT2D eigenvalue weighted by atomic mass is 16.1. The first-order valence-electron chi connectivity index (χ1n) is 12.3. The van der Waals surface area contributed by atoms with Crippen molar-refractivity contribution in [2.24, 2.45) is 0 Å². The van der Waals surface area contributed by atoms with Gasteiger partial charge >= 0.3 is 0 Å². The molecule has 6 nitrogen and oxygen atoms in total. The molecule has 2 heterocycles. The largest absolute Gasteiger partial charge is 0.397 e. The molecule has 1 saturated carbocycles. The van der Waals surface area contributed by atoms with E-state index >= 15 is 0 Å². The third kappa shape index (κ3) is 4.33. The van der Waals surface area contributed by atoms with E-state index in [9.17, 15) is 4.79 Å². The van der Waals surface area contributed by atoms with Crippen LogP contribution in [0.15, 0.2) is 72.9 Å². The minimum atomic E-state index is -0.261. The minimum Gasteiger partial charge on any atom is -0.397 e. The molecule has 0 spiro atoms. The van der Waals surface area contributed by atoms with E-state index in [1.54, 1.807) is 0 Å². The lowest BCUT2D eigenvalue weighted by Gasteiger charge is -2.31. The van der Waals surface area contributed by atoms with Crippen LogP contribution in [0.3, 0.4) is 0 Å². The normalized spacial score (nSPS) is 15.8. The van der Waals surface area contributed by atoms with Crippen LogP contribution in [0.4, 0.5) is 17.1 Å². The van der Waals surface area contributed by atoms with E-state index in [-0.39, 0.29) is 5.91 Å². The number of carbonyl (C=O) groups excluding carboxylic acids is 1. The molecule has 1 aliphatic carbocycles. The number of anilines is 3. The lowest BCUT2D eigenvalue weighted by molar-refractivity contribution is 0.102. The monoisotopic (exact) mass is 463 g/mol. The lowest BCUT2D eigenvalue weighted by Crippen LogP contribution is -2.43. The quantitative estimate of drug-likeness (QED) is 0.362. The fourth-order valence-corrected chi connectivity index (χ4v) is 5.00. The maximum absolute atomic E-state index is 13.2. The van der Waals surface area contributed by atoms with Crippen LogP contribution in [0.5, 0.6) is 0 Å². The van der Waals surface area contributed by atoms with E-state index < -0.39 is 0 Å². The predicted molar refractivity (Wildman–Crippen MR) is 143 cm³/mol. The Morgan fingerprint density at radius 2 is 1.77 bits per heavy atom. The number of hydrogen-bond acceptors (Lipinski definition) is 5. The highest BCUT2D eigenvalue weighted by molar-refractivity contribution is 6.07. The average molecular weight is 464 g/mol. The molecule has 1 saturated heterocycles. The first-order valence-corrected chi connectivity index (χ1v) is 12.3. The summed E-state index contributed by atoms with van der Waals surface area (Å²) >= 11 is 0. The molecule has 35 heavy (non-hydrogen) atoms. The summed E-state index contributed by atoms with van der Waals surface area (Å²) in [5.74, 6) is 0.327. The van der Waals surface area contributed by atoms with Crippen molar-refractivity contribution in [3.63, 3.8) is 0 Å². The van der Waals surface area contributed by atoms with Crippen molar-refractivity contribution in [1.82, 2.24) is 10.3 Å². The second kappa shape index (κ2) is 9.04. The van der Waals surface area contributed by atoms with Gasteiger partial charge in [0.2, 0.25) is 0 Å². The SMILES string of the molecule is Nc1ccc(-c2ccccc2)cc1NC(=O)c1cc2ccc(N3CCNCC3)c(C3CC3)c2cn1. The number of nitrogens with zero attached hydrogens (tertiary/aromatic N) is 2. The zero-order chi connectivity index (χ0) is 23.8. The van der Waals surface area contributed by atoms with Crippen molar-refractivity contribution in [1.29, 1.82) is 0 Å². The van der Waals surface area contributed by atoms with E-state index in [1.807, 2.05) is 60.8 Å². The van der Waals surface area contributed by atoms with Crippen molar-refractivity contribution in [2.75, 3.05) is 42.1 Å². The zero-order valence-corrected chi connectivity index (χ0v) is 19.6. The van der Waals surface area contributed by atoms with Crippen LogP contribution < -0.4 is 21.3 Å². The molecule has 1 aliphatic heterocycles. The molecule has 0 unspecified atom stereocenters. The molecule has 1 amide bonds. The van der Waals surface area contributed by atoms with Gasteiger partial charge in [0, 0.05) is 43.4 Å². The van der Waals surface area contributed by atoms with E-state index in [0.717, 1.165) is 48.1 Å². The number of benzene rings is 3. The number of rotatable bonds is 5. The third-order valence-corrected chi connectivity index (χ3v) is 7.01. The van der Waals surface area contributed by atoms with E-state index in [0.29, 0.717) is 23.0 Å². The standard InChI is InChI=1S/C29H29N5O/c30-24-10-8-21(19-4-2-1-3-5-19)16-25(24)33-29(35)26-17-22-9-11-27(34-14-12-31-13-15-34)28(20-6-7-20)23(22)18-32-26/h1-5,8-11,16-18,20,31H,6-7,12-15,30H2,(H,33,35). The van der Waals surface area contributed by atoms with Crippen molar-refractivity contribution in [3.8, 4) is 11.1 Å². The molecule has 2 fully saturated rings. The number of aromatic nitrogens is 1. The number of nitrogens with one attached hydrogen (secondary N) is 2. The molecule has 4 aromatic rings. The molecule has 1 aromatic heterocycles. The Hall–Kier alpha value is -3.90. The second-order valence-electron chi connectivity index (χ2n) is 9.42. The molecule has 3 aromatic carbocycles. The van der Waals surface area contributed by atoms with Crippen molar-refractivity contribution < 1.29 is 4.79 Å². The highest BCUT2D eigenvalue weighted by Gasteiger charge is 2.30. The smallest absolute Gasteiger partial charge is 0.274 e. The van der Waals surface area contributed by atoms with Crippen LogP contribution in [0.1, 0.15) is 34.8 Å². The minimum absolute atomic E-state index is 0.261. The molecule has 2 aliphatic rings. The first kappa shape index (κ1) is 21.6. The number of nitrogens with two attached hydrogens (primary N) is 1. The van der Waals surface area contributed by atoms with Crippen molar-refractivity contribution in [3.05, 3.63) is 84.2 Å². The summed E-state index contributed by atoms with van der Waals surface area (Å²) in [6, 6.07) is 22.0. The number of carbonyl (C=O) groups is 1.